The first-order valence-corrected chi connectivity index (χ1v) is 9.80. The molecule has 1 aliphatic heterocycles. The molecule has 6 nitrogen and oxygen atoms in total. The van der Waals surface area contributed by atoms with Crippen LogP contribution in [0.25, 0.3) is 0 Å². The van der Waals surface area contributed by atoms with Crippen LogP contribution in [0.15, 0.2) is 18.2 Å². The van der Waals surface area contributed by atoms with E-state index in [0.717, 1.165) is 37.3 Å². The molecule has 1 heterocycles. The minimum absolute atomic E-state index is 0.0362. The molecule has 150 valence electrons. The quantitative estimate of drug-likeness (QED) is 0.843. The molecule has 0 aromatic heterocycles. The maximum absolute atomic E-state index is 12.8. The van der Waals surface area contributed by atoms with Crippen LogP contribution in [-0.4, -0.2) is 53.5 Å². The zero-order valence-corrected chi connectivity index (χ0v) is 17.6. The van der Waals surface area contributed by atoms with Crippen LogP contribution in [-0.2, 0) is 4.79 Å². The third-order valence-electron chi connectivity index (χ3n) is 5.00. The van der Waals surface area contributed by atoms with Gasteiger partial charge in [-0.25, -0.2) is 4.79 Å². The van der Waals surface area contributed by atoms with Gasteiger partial charge in [-0.1, -0.05) is 19.9 Å². The summed E-state index contributed by atoms with van der Waals surface area (Å²) in [7, 11) is 0. The summed E-state index contributed by atoms with van der Waals surface area (Å²) in [6, 6.07) is 5.52. The van der Waals surface area contributed by atoms with Crippen molar-refractivity contribution in [1.82, 2.24) is 9.80 Å². The summed E-state index contributed by atoms with van der Waals surface area (Å²) in [5.41, 5.74) is 2.52. The van der Waals surface area contributed by atoms with E-state index in [4.69, 9.17) is 0 Å². The number of urea groups is 1. The molecule has 27 heavy (non-hydrogen) atoms. The molecule has 0 aliphatic carbocycles. The number of anilines is 2. The Hall–Kier alpha value is -2.08. The number of hydrogen-bond donors (Lipinski definition) is 2. The normalized spacial score (nSPS) is 16.2. The monoisotopic (exact) mass is 374 g/mol. The predicted octanol–water partition coefficient (Wildman–Crippen LogP) is 3.93. The SMILES string of the molecule is Cc1ccc(NC(=O)C(C)C)cc1NC(=O)N1CCCN(C(C)(C)C)CC1. The maximum atomic E-state index is 12.8. The molecular formula is C21H34N4O2. The fraction of sp³-hybridized carbons (Fsp3) is 0.619. The molecule has 6 heteroatoms. The Morgan fingerprint density at radius 2 is 1.74 bits per heavy atom. The van der Waals surface area contributed by atoms with Crippen molar-refractivity contribution in [3.8, 4) is 0 Å². The predicted molar refractivity (Wildman–Crippen MR) is 111 cm³/mol. The summed E-state index contributed by atoms with van der Waals surface area (Å²) in [4.78, 5) is 29.0. The number of carbonyl (C=O) groups excluding carboxylic acids is 2. The van der Waals surface area contributed by atoms with E-state index in [1.165, 1.54) is 0 Å². The first kappa shape index (κ1) is 21.2. The lowest BCUT2D eigenvalue weighted by Crippen LogP contribution is -2.44. The Morgan fingerprint density at radius 1 is 1.04 bits per heavy atom. The Morgan fingerprint density at radius 3 is 2.37 bits per heavy atom. The number of amides is 3. The lowest BCUT2D eigenvalue weighted by molar-refractivity contribution is -0.118. The topological polar surface area (TPSA) is 64.7 Å². The molecule has 1 saturated heterocycles. The Kier molecular flexibility index (Phi) is 6.87. The van der Waals surface area contributed by atoms with Gasteiger partial charge in [0.2, 0.25) is 5.91 Å². The van der Waals surface area contributed by atoms with Gasteiger partial charge in [0.15, 0.2) is 0 Å². The smallest absolute Gasteiger partial charge is 0.321 e. The van der Waals surface area contributed by atoms with Crippen LogP contribution in [0.1, 0.15) is 46.6 Å². The van der Waals surface area contributed by atoms with E-state index < -0.39 is 0 Å². The summed E-state index contributed by atoms with van der Waals surface area (Å²) in [5.74, 6) is -0.127. The van der Waals surface area contributed by atoms with Gasteiger partial charge < -0.3 is 15.5 Å². The van der Waals surface area contributed by atoms with Crippen molar-refractivity contribution in [3.05, 3.63) is 23.8 Å². The van der Waals surface area contributed by atoms with E-state index in [0.29, 0.717) is 12.2 Å². The number of aryl methyl sites for hydroxylation is 1. The molecule has 2 N–H and O–H groups in total. The van der Waals surface area contributed by atoms with Crippen LogP contribution in [0, 0.1) is 12.8 Å². The van der Waals surface area contributed by atoms with Crippen LogP contribution < -0.4 is 10.6 Å². The molecule has 1 aromatic carbocycles. The summed E-state index contributed by atoms with van der Waals surface area (Å²) in [6.07, 6.45) is 0.966. The van der Waals surface area contributed by atoms with Crippen molar-refractivity contribution < 1.29 is 9.59 Å². The molecule has 0 saturated carbocycles. The highest BCUT2D eigenvalue weighted by atomic mass is 16.2. The average Bonchev–Trinajstić information content (AvgIpc) is 2.83. The highest BCUT2D eigenvalue weighted by Crippen LogP contribution is 2.22. The first-order chi connectivity index (χ1) is 12.6. The first-order valence-electron chi connectivity index (χ1n) is 9.80. The van der Waals surface area contributed by atoms with Gasteiger partial charge in [-0.15, -0.1) is 0 Å². The summed E-state index contributed by atoms with van der Waals surface area (Å²) in [5, 5.41) is 5.90. The molecule has 0 bridgehead atoms. The zero-order valence-electron chi connectivity index (χ0n) is 17.6. The van der Waals surface area contributed by atoms with Crippen molar-refractivity contribution in [3.63, 3.8) is 0 Å². The number of hydrogen-bond acceptors (Lipinski definition) is 3. The molecule has 1 aliphatic rings. The van der Waals surface area contributed by atoms with E-state index in [2.05, 4.69) is 36.3 Å². The van der Waals surface area contributed by atoms with Crippen molar-refractivity contribution >= 4 is 23.3 Å². The van der Waals surface area contributed by atoms with E-state index in [1.54, 1.807) is 0 Å². The molecule has 3 amide bonds. The van der Waals surface area contributed by atoms with Gasteiger partial charge in [0, 0.05) is 49.0 Å². The largest absolute Gasteiger partial charge is 0.326 e. The highest BCUT2D eigenvalue weighted by Gasteiger charge is 2.26. The van der Waals surface area contributed by atoms with Gasteiger partial charge in [-0.05, 0) is 51.8 Å². The number of nitrogens with one attached hydrogen (secondary N) is 2. The second-order valence-electron chi connectivity index (χ2n) is 8.60. The second-order valence-corrected chi connectivity index (χ2v) is 8.60. The molecule has 0 radical (unpaired) electrons. The second kappa shape index (κ2) is 8.74. The average molecular weight is 375 g/mol. The van der Waals surface area contributed by atoms with Crippen LogP contribution in [0.5, 0.6) is 0 Å². The Bertz CT molecular complexity index is 679. The lowest BCUT2D eigenvalue weighted by atomic mass is 10.1. The van der Waals surface area contributed by atoms with E-state index in [9.17, 15) is 9.59 Å². The minimum atomic E-state index is -0.0905. The third kappa shape index (κ3) is 5.96. The summed E-state index contributed by atoms with van der Waals surface area (Å²) < 4.78 is 0. The number of nitrogens with zero attached hydrogens (tertiary/aromatic N) is 2. The van der Waals surface area contributed by atoms with Gasteiger partial charge in [0.05, 0.1) is 0 Å². The fourth-order valence-corrected chi connectivity index (χ4v) is 3.11. The third-order valence-corrected chi connectivity index (χ3v) is 5.00. The Balaban J connectivity index is 2.03. The maximum Gasteiger partial charge on any atom is 0.321 e. The van der Waals surface area contributed by atoms with Gasteiger partial charge in [0.1, 0.15) is 0 Å². The molecule has 0 unspecified atom stereocenters. The minimum Gasteiger partial charge on any atom is -0.326 e. The summed E-state index contributed by atoms with van der Waals surface area (Å²) in [6.45, 7) is 15.6. The fourth-order valence-electron chi connectivity index (χ4n) is 3.11. The van der Waals surface area contributed by atoms with E-state index >= 15 is 0 Å². The van der Waals surface area contributed by atoms with Crippen LogP contribution in [0.2, 0.25) is 0 Å². The van der Waals surface area contributed by atoms with Gasteiger partial charge in [-0.2, -0.15) is 0 Å². The summed E-state index contributed by atoms with van der Waals surface area (Å²) >= 11 is 0. The van der Waals surface area contributed by atoms with Crippen molar-refractivity contribution in [2.75, 3.05) is 36.8 Å². The molecule has 0 spiro atoms. The molecular weight excluding hydrogens is 340 g/mol. The molecule has 0 atom stereocenters. The Labute approximate surface area is 163 Å². The van der Waals surface area contributed by atoms with Crippen molar-refractivity contribution in [1.29, 1.82) is 0 Å². The van der Waals surface area contributed by atoms with E-state index in [1.807, 2.05) is 43.9 Å². The molecule has 1 fully saturated rings. The van der Waals surface area contributed by atoms with Crippen LogP contribution >= 0.6 is 0 Å². The van der Waals surface area contributed by atoms with Crippen molar-refractivity contribution in [2.45, 2.75) is 53.5 Å². The van der Waals surface area contributed by atoms with Crippen LogP contribution in [0.4, 0.5) is 16.2 Å². The van der Waals surface area contributed by atoms with Crippen LogP contribution in [0.3, 0.4) is 0 Å². The number of carbonyl (C=O) groups is 2. The molecule has 1 aromatic rings. The molecule has 2 rings (SSSR count). The standard InChI is InChI=1S/C21H34N4O2/c1-15(2)19(26)22-17-9-8-16(3)18(14-17)23-20(27)24-10-7-11-25(13-12-24)21(4,5)6/h8-9,14-15H,7,10-13H2,1-6H3,(H,22,26)(H,23,27). The van der Waals surface area contributed by atoms with Gasteiger partial charge in [-0.3, -0.25) is 9.69 Å². The van der Waals surface area contributed by atoms with Gasteiger partial charge >= 0.3 is 6.03 Å². The highest BCUT2D eigenvalue weighted by molar-refractivity contribution is 5.94. The van der Waals surface area contributed by atoms with E-state index in [-0.39, 0.29) is 23.4 Å². The number of rotatable bonds is 3. The lowest BCUT2D eigenvalue weighted by Gasteiger charge is -2.34. The van der Waals surface area contributed by atoms with Gasteiger partial charge in [0.25, 0.3) is 0 Å². The number of benzene rings is 1. The zero-order chi connectivity index (χ0) is 20.2. The van der Waals surface area contributed by atoms with Crippen molar-refractivity contribution in [2.24, 2.45) is 5.92 Å².